The van der Waals surface area contributed by atoms with Crippen molar-refractivity contribution in [1.82, 2.24) is 0 Å². The third-order valence-electron chi connectivity index (χ3n) is 4.65. The van der Waals surface area contributed by atoms with Crippen LogP contribution in [-0.2, 0) is 14.3 Å². The van der Waals surface area contributed by atoms with Crippen molar-refractivity contribution in [2.24, 2.45) is 4.99 Å². The number of esters is 1. The molecule has 2 aromatic carbocycles. The number of anilines is 1. The van der Waals surface area contributed by atoms with Crippen LogP contribution in [0.4, 0.5) is 5.69 Å². The van der Waals surface area contributed by atoms with Gasteiger partial charge in [0.25, 0.3) is 5.91 Å². The molecule has 180 valence electrons. The topological polar surface area (TPSA) is 86.7 Å². The summed E-state index contributed by atoms with van der Waals surface area (Å²) in [7, 11) is 1.56. The van der Waals surface area contributed by atoms with Crippen molar-refractivity contribution in [2.45, 2.75) is 20.8 Å². The molecule has 0 N–H and O–H groups in total. The van der Waals surface area contributed by atoms with Gasteiger partial charge in [-0.25, -0.2) is 4.99 Å². The first-order valence-electron chi connectivity index (χ1n) is 11.0. The van der Waals surface area contributed by atoms with E-state index in [1.54, 1.807) is 56.5 Å². The maximum Gasteiger partial charge on any atom is 0.316 e. The van der Waals surface area contributed by atoms with Gasteiger partial charge in [-0.15, -0.1) is 0 Å². The van der Waals surface area contributed by atoms with Crippen LogP contribution < -0.4 is 19.1 Å². The maximum atomic E-state index is 13.4. The molecule has 8 nitrogen and oxygen atoms in total. The highest BCUT2D eigenvalue weighted by Gasteiger charge is 2.32. The second-order valence-electron chi connectivity index (χ2n) is 6.93. The molecule has 0 saturated heterocycles. The molecule has 2 aromatic rings. The Bertz CT molecular complexity index is 1080. The molecule has 0 aliphatic carbocycles. The lowest BCUT2D eigenvalue weighted by Gasteiger charge is -2.18. The van der Waals surface area contributed by atoms with Crippen LogP contribution in [0.1, 0.15) is 26.3 Å². The van der Waals surface area contributed by atoms with E-state index in [2.05, 4.69) is 4.99 Å². The Morgan fingerprint density at radius 2 is 1.74 bits per heavy atom. The first kappa shape index (κ1) is 25.2. The number of amides is 1. The fourth-order valence-electron chi connectivity index (χ4n) is 3.21. The first-order chi connectivity index (χ1) is 16.5. The number of thioether (sulfide) groups is 1. The summed E-state index contributed by atoms with van der Waals surface area (Å²) in [6.07, 6.45) is 1.68. The number of ether oxygens (including phenoxy) is 4. The lowest BCUT2D eigenvalue weighted by Crippen LogP contribution is -2.31. The number of hydrogen-bond acceptors (Lipinski definition) is 8. The van der Waals surface area contributed by atoms with Crippen LogP contribution >= 0.6 is 11.8 Å². The van der Waals surface area contributed by atoms with Gasteiger partial charge in [-0.1, -0.05) is 17.8 Å². The van der Waals surface area contributed by atoms with E-state index in [1.165, 1.54) is 4.90 Å². The number of methoxy groups -OCH3 is 1. The zero-order valence-corrected chi connectivity index (χ0v) is 20.5. The van der Waals surface area contributed by atoms with E-state index in [0.717, 1.165) is 17.3 Å². The number of amidine groups is 1. The molecule has 0 spiro atoms. The van der Waals surface area contributed by atoms with E-state index in [0.29, 0.717) is 41.3 Å². The fourth-order valence-corrected chi connectivity index (χ4v) is 4.02. The van der Waals surface area contributed by atoms with E-state index in [1.807, 2.05) is 19.9 Å². The quantitative estimate of drug-likeness (QED) is 0.362. The van der Waals surface area contributed by atoms with E-state index in [-0.39, 0.29) is 29.9 Å². The number of nitrogens with zero attached hydrogens (tertiary/aromatic N) is 2. The Balaban J connectivity index is 1.93. The maximum absolute atomic E-state index is 13.4. The van der Waals surface area contributed by atoms with Gasteiger partial charge in [0.15, 0.2) is 16.7 Å². The Kier molecular flexibility index (Phi) is 8.98. The number of aliphatic imine (C=N–C) groups is 1. The predicted octanol–water partition coefficient (Wildman–Crippen LogP) is 4.53. The van der Waals surface area contributed by atoms with Gasteiger partial charge in [0, 0.05) is 0 Å². The first-order valence-corrected chi connectivity index (χ1v) is 12.0. The van der Waals surface area contributed by atoms with E-state index < -0.39 is 0 Å². The summed E-state index contributed by atoms with van der Waals surface area (Å²) in [5.74, 6) is 1.25. The highest BCUT2D eigenvalue weighted by Crippen LogP contribution is 2.33. The van der Waals surface area contributed by atoms with Crippen molar-refractivity contribution in [3.63, 3.8) is 0 Å². The van der Waals surface area contributed by atoms with Gasteiger partial charge in [0.2, 0.25) is 0 Å². The van der Waals surface area contributed by atoms with E-state index in [4.69, 9.17) is 18.9 Å². The lowest BCUT2D eigenvalue weighted by atomic mass is 10.1. The molecule has 0 aromatic heterocycles. The van der Waals surface area contributed by atoms with E-state index >= 15 is 0 Å². The zero-order chi connectivity index (χ0) is 24.5. The number of carbonyl (C=O) groups excluding carboxylic acids is 2. The number of benzene rings is 2. The molecule has 9 heteroatoms. The van der Waals surface area contributed by atoms with Crippen LogP contribution in [0.15, 0.2) is 53.2 Å². The van der Waals surface area contributed by atoms with Gasteiger partial charge >= 0.3 is 5.97 Å². The highest BCUT2D eigenvalue weighted by atomic mass is 32.2. The normalized spacial score (nSPS) is 14.2. The number of carbonyl (C=O) groups is 2. The molecule has 1 amide bonds. The third-order valence-corrected chi connectivity index (χ3v) is 5.56. The number of hydrogen-bond donors (Lipinski definition) is 0. The van der Waals surface area contributed by atoms with Crippen molar-refractivity contribution in [2.75, 3.05) is 37.6 Å². The summed E-state index contributed by atoms with van der Waals surface area (Å²) in [4.78, 5) is 31.3. The van der Waals surface area contributed by atoms with Crippen molar-refractivity contribution >= 4 is 40.6 Å². The van der Waals surface area contributed by atoms with Crippen molar-refractivity contribution in [3.8, 4) is 17.2 Å². The second kappa shape index (κ2) is 12.1. The molecule has 34 heavy (non-hydrogen) atoms. The van der Waals surface area contributed by atoms with Crippen LogP contribution in [0.25, 0.3) is 6.08 Å². The van der Waals surface area contributed by atoms with Crippen LogP contribution in [0.2, 0.25) is 0 Å². The summed E-state index contributed by atoms with van der Waals surface area (Å²) < 4.78 is 21.5. The Labute approximate surface area is 203 Å². The summed E-state index contributed by atoms with van der Waals surface area (Å²) in [5.41, 5.74) is 1.60. The molecule has 3 rings (SSSR count). The van der Waals surface area contributed by atoms with Crippen molar-refractivity contribution in [3.05, 3.63) is 53.7 Å². The third kappa shape index (κ3) is 6.11. The van der Waals surface area contributed by atoms with Crippen LogP contribution in [0.3, 0.4) is 0 Å². The van der Waals surface area contributed by atoms with Gasteiger partial charge in [-0.05, 0) is 68.8 Å². The Hall–Kier alpha value is -3.46. The van der Waals surface area contributed by atoms with Gasteiger partial charge in [-0.3, -0.25) is 14.5 Å². The summed E-state index contributed by atoms with van der Waals surface area (Å²) in [6, 6.07) is 12.6. The average molecular weight is 485 g/mol. The SMILES string of the molecule is CCOC(=O)CSC1=NC(=Cc2ccc(OCC)c(OC)c2)C(=O)N1c1ccc(OCC)cc1. The monoisotopic (exact) mass is 484 g/mol. The standard InChI is InChI=1S/C25H28N2O6S/c1-5-31-19-11-9-18(10-12-19)27-24(29)20(26-25(27)34-16-23(28)33-7-3)14-17-8-13-21(32-6-2)22(15-17)30-4/h8-15H,5-7,16H2,1-4H3. The van der Waals surface area contributed by atoms with Crippen LogP contribution in [0.5, 0.6) is 17.2 Å². The minimum Gasteiger partial charge on any atom is -0.494 e. The van der Waals surface area contributed by atoms with Crippen molar-refractivity contribution in [1.29, 1.82) is 0 Å². The molecular formula is C25H28N2O6S. The molecule has 1 aliphatic heterocycles. The van der Waals surface area contributed by atoms with Gasteiger partial charge in [0.05, 0.1) is 38.4 Å². The molecule has 1 aliphatic rings. The van der Waals surface area contributed by atoms with Gasteiger partial charge in [-0.2, -0.15) is 0 Å². The van der Waals surface area contributed by atoms with Gasteiger partial charge in [0.1, 0.15) is 11.4 Å². The summed E-state index contributed by atoms with van der Waals surface area (Å²) >= 11 is 1.15. The zero-order valence-electron chi connectivity index (χ0n) is 19.7. The lowest BCUT2D eigenvalue weighted by molar-refractivity contribution is -0.139. The molecule has 0 atom stereocenters. The van der Waals surface area contributed by atoms with Crippen LogP contribution in [-0.4, -0.2) is 49.7 Å². The second-order valence-corrected chi connectivity index (χ2v) is 7.87. The van der Waals surface area contributed by atoms with Crippen molar-refractivity contribution < 1.29 is 28.5 Å². The Morgan fingerprint density at radius 3 is 2.38 bits per heavy atom. The number of rotatable bonds is 10. The molecule has 1 heterocycles. The highest BCUT2D eigenvalue weighted by molar-refractivity contribution is 8.14. The average Bonchev–Trinajstić information content (AvgIpc) is 3.14. The largest absolute Gasteiger partial charge is 0.494 e. The van der Waals surface area contributed by atoms with E-state index in [9.17, 15) is 9.59 Å². The minimum absolute atomic E-state index is 0.0393. The molecule has 0 fully saturated rings. The summed E-state index contributed by atoms with van der Waals surface area (Å²) in [5, 5.41) is 0.395. The molecular weight excluding hydrogens is 456 g/mol. The van der Waals surface area contributed by atoms with Gasteiger partial charge < -0.3 is 18.9 Å². The molecule has 0 unspecified atom stereocenters. The fraction of sp³-hybridized carbons (Fsp3) is 0.320. The summed E-state index contributed by atoms with van der Waals surface area (Å²) in [6.45, 7) is 6.89. The molecule has 0 radical (unpaired) electrons. The predicted molar refractivity (Wildman–Crippen MR) is 134 cm³/mol. The molecule has 0 saturated carbocycles. The minimum atomic E-state index is -0.372. The molecule has 0 bridgehead atoms. The Morgan fingerprint density at radius 1 is 1.00 bits per heavy atom. The smallest absolute Gasteiger partial charge is 0.316 e. The van der Waals surface area contributed by atoms with Crippen LogP contribution in [0, 0.1) is 0 Å².